The Bertz CT molecular complexity index is 1190. The van der Waals surface area contributed by atoms with Crippen LogP contribution in [0.2, 0.25) is 0 Å². The molecule has 0 N–H and O–H groups in total. The number of thiophene rings is 1. The average molecular weight is 415 g/mol. The van der Waals surface area contributed by atoms with E-state index in [-0.39, 0.29) is 0 Å². The van der Waals surface area contributed by atoms with Gasteiger partial charge >= 0.3 is 0 Å². The van der Waals surface area contributed by atoms with Gasteiger partial charge in [-0.3, -0.25) is 4.99 Å². The lowest BCUT2D eigenvalue weighted by Crippen LogP contribution is -2.13. The summed E-state index contributed by atoms with van der Waals surface area (Å²) in [6.07, 6.45) is 2.70. The summed E-state index contributed by atoms with van der Waals surface area (Å²) in [6.45, 7) is 0.709. The van der Waals surface area contributed by atoms with Crippen molar-refractivity contribution in [1.82, 2.24) is 4.68 Å². The summed E-state index contributed by atoms with van der Waals surface area (Å²) in [4.78, 5) is 6.83. The fourth-order valence-electron chi connectivity index (χ4n) is 2.81. The molecule has 0 unspecified atom stereocenters. The van der Waals surface area contributed by atoms with Gasteiger partial charge < -0.3 is 0 Å². The zero-order chi connectivity index (χ0) is 19.9. The summed E-state index contributed by atoms with van der Waals surface area (Å²) < 4.78 is 1.90. The Labute approximate surface area is 177 Å². The van der Waals surface area contributed by atoms with E-state index in [2.05, 4.69) is 47.2 Å². The normalized spacial score (nSPS) is 11.8. The smallest absolute Gasteiger partial charge is 0.206 e. The number of aromatic nitrogens is 1. The van der Waals surface area contributed by atoms with Gasteiger partial charge in [-0.25, -0.2) is 4.68 Å². The third-order valence-corrected chi connectivity index (χ3v) is 6.06. The van der Waals surface area contributed by atoms with Crippen LogP contribution in [0.3, 0.4) is 0 Å². The third-order valence-electron chi connectivity index (χ3n) is 4.31. The van der Waals surface area contributed by atoms with Gasteiger partial charge in [0.25, 0.3) is 0 Å². The van der Waals surface area contributed by atoms with E-state index in [1.807, 2.05) is 28.9 Å². The Morgan fingerprint density at radius 2 is 1.79 bits per heavy atom. The molecule has 4 rings (SSSR count). The van der Waals surface area contributed by atoms with Crippen molar-refractivity contribution >= 4 is 28.9 Å². The Morgan fingerprint density at radius 3 is 2.52 bits per heavy atom. The Balaban J connectivity index is 1.64. The van der Waals surface area contributed by atoms with E-state index in [0.717, 1.165) is 27.4 Å². The average Bonchev–Trinajstić information content (AvgIpc) is 3.43. The first-order valence-electron chi connectivity index (χ1n) is 9.17. The molecule has 0 aliphatic carbocycles. The van der Waals surface area contributed by atoms with Crippen molar-refractivity contribution in [2.45, 2.75) is 6.42 Å². The monoisotopic (exact) mass is 414 g/mol. The Morgan fingerprint density at radius 1 is 0.966 bits per heavy atom. The van der Waals surface area contributed by atoms with E-state index in [4.69, 9.17) is 15.4 Å². The number of nitrogens with zero attached hydrogens (tertiary/aromatic N) is 4. The first kappa shape index (κ1) is 19.1. The minimum Gasteiger partial charge on any atom is -0.257 e. The van der Waals surface area contributed by atoms with Gasteiger partial charge in [-0.15, -0.1) is 22.7 Å². The molecule has 4 aromatic rings. The lowest BCUT2D eigenvalue weighted by atomic mass is 10.2. The number of hydrogen-bond donors (Lipinski definition) is 0. The molecule has 0 aliphatic heterocycles. The minimum absolute atomic E-state index is 0.640. The van der Waals surface area contributed by atoms with Crippen LogP contribution in [0.5, 0.6) is 0 Å². The van der Waals surface area contributed by atoms with Crippen LogP contribution in [0.4, 0.5) is 0 Å². The summed E-state index contributed by atoms with van der Waals surface area (Å²) in [5, 5.41) is 17.8. The van der Waals surface area contributed by atoms with Gasteiger partial charge in [0.1, 0.15) is 0 Å². The standard InChI is InChI=1S/C23H18N4S2/c24-15-19-8-10-20(11-9-19)16-26-27-21(22-7-4-14-28-22)17-29-23(27)25-13-12-18-5-2-1-3-6-18/h1-11,14,16-17H,12-13H2. The summed E-state index contributed by atoms with van der Waals surface area (Å²) in [6, 6.07) is 24.0. The van der Waals surface area contributed by atoms with Gasteiger partial charge in [-0.2, -0.15) is 10.4 Å². The van der Waals surface area contributed by atoms with E-state index in [0.29, 0.717) is 12.1 Å². The van der Waals surface area contributed by atoms with Crippen LogP contribution in [-0.4, -0.2) is 17.4 Å². The van der Waals surface area contributed by atoms with Gasteiger partial charge in [0.05, 0.1) is 28.4 Å². The maximum absolute atomic E-state index is 8.95. The van der Waals surface area contributed by atoms with Gasteiger partial charge in [-0.05, 0) is 41.1 Å². The maximum atomic E-state index is 8.95. The van der Waals surface area contributed by atoms with Crippen LogP contribution in [-0.2, 0) is 6.42 Å². The predicted molar refractivity (Wildman–Crippen MR) is 120 cm³/mol. The van der Waals surface area contributed by atoms with Crippen LogP contribution in [0.15, 0.2) is 87.6 Å². The molecule has 0 fully saturated rings. The largest absolute Gasteiger partial charge is 0.257 e. The van der Waals surface area contributed by atoms with Crippen LogP contribution < -0.4 is 4.80 Å². The third kappa shape index (κ3) is 4.77. The lowest BCUT2D eigenvalue weighted by molar-refractivity contribution is 0.818. The van der Waals surface area contributed by atoms with E-state index < -0.39 is 0 Å². The molecule has 6 heteroatoms. The molecule has 0 atom stereocenters. The molecule has 2 aromatic heterocycles. The van der Waals surface area contributed by atoms with Crippen molar-refractivity contribution < 1.29 is 0 Å². The molecular weight excluding hydrogens is 396 g/mol. The second-order valence-electron chi connectivity index (χ2n) is 6.29. The highest BCUT2D eigenvalue weighted by atomic mass is 32.1. The van der Waals surface area contributed by atoms with E-state index in [1.165, 1.54) is 5.56 Å². The van der Waals surface area contributed by atoms with Crippen molar-refractivity contribution in [1.29, 1.82) is 5.26 Å². The predicted octanol–water partition coefficient (Wildman–Crippen LogP) is 5.18. The van der Waals surface area contributed by atoms with Crippen molar-refractivity contribution in [3.8, 4) is 16.6 Å². The summed E-state index contributed by atoms with van der Waals surface area (Å²) >= 11 is 3.28. The fourth-order valence-corrected chi connectivity index (χ4v) is 4.46. The van der Waals surface area contributed by atoms with Crippen LogP contribution in [0, 0.1) is 11.3 Å². The summed E-state index contributed by atoms with van der Waals surface area (Å²) in [5.41, 5.74) is 3.89. The fraction of sp³-hybridized carbons (Fsp3) is 0.0870. The first-order valence-corrected chi connectivity index (χ1v) is 10.9. The van der Waals surface area contributed by atoms with Gasteiger partial charge in [0, 0.05) is 11.9 Å². The highest BCUT2D eigenvalue weighted by Gasteiger charge is 2.08. The molecule has 0 aliphatic rings. The zero-order valence-electron chi connectivity index (χ0n) is 15.6. The lowest BCUT2D eigenvalue weighted by Gasteiger charge is -2.01. The quantitative estimate of drug-likeness (QED) is 0.401. The maximum Gasteiger partial charge on any atom is 0.206 e. The molecule has 4 nitrogen and oxygen atoms in total. The topological polar surface area (TPSA) is 53.4 Å². The number of hydrogen-bond acceptors (Lipinski definition) is 5. The van der Waals surface area contributed by atoms with E-state index >= 15 is 0 Å². The number of nitriles is 1. The van der Waals surface area contributed by atoms with Crippen molar-refractivity contribution in [3.63, 3.8) is 0 Å². The summed E-state index contributed by atoms with van der Waals surface area (Å²) in [5.74, 6) is 0. The molecular formula is C23H18N4S2. The van der Waals surface area contributed by atoms with E-state index in [1.54, 1.807) is 41.0 Å². The molecule has 0 bridgehead atoms. The molecule has 2 aromatic carbocycles. The van der Waals surface area contributed by atoms with Gasteiger partial charge in [0.15, 0.2) is 0 Å². The van der Waals surface area contributed by atoms with Crippen molar-refractivity contribution in [3.05, 3.63) is 99.0 Å². The molecule has 2 heterocycles. The molecule has 0 saturated carbocycles. The zero-order valence-corrected chi connectivity index (χ0v) is 17.2. The van der Waals surface area contributed by atoms with Crippen LogP contribution >= 0.6 is 22.7 Å². The summed E-state index contributed by atoms with van der Waals surface area (Å²) in [7, 11) is 0. The SMILES string of the molecule is N#Cc1ccc(C=Nn2c(-c3cccs3)csc2=NCCc2ccccc2)cc1. The van der Waals surface area contributed by atoms with Gasteiger partial charge in [-0.1, -0.05) is 48.5 Å². The van der Waals surface area contributed by atoms with Crippen molar-refractivity contribution in [2.75, 3.05) is 6.54 Å². The number of rotatable bonds is 6. The second kappa shape index (κ2) is 9.28. The van der Waals surface area contributed by atoms with Crippen LogP contribution in [0.1, 0.15) is 16.7 Å². The first-order chi connectivity index (χ1) is 14.3. The molecule has 0 spiro atoms. The molecule has 142 valence electrons. The van der Waals surface area contributed by atoms with Crippen LogP contribution in [0.25, 0.3) is 10.6 Å². The Kier molecular flexibility index (Phi) is 6.10. The van der Waals surface area contributed by atoms with Crippen molar-refractivity contribution in [2.24, 2.45) is 10.1 Å². The van der Waals surface area contributed by atoms with Gasteiger partial charge in [0.2, 0.25) is 4.80 Å². The molecule has 29 heavy (non-hydrogen) atoms. The Hall–Kier alpha value is -3.27. The number of benzene rings is 2. The highest BCUT2D eigenvalue weighted by molar-refractivity contribution is 7.14. The minimum atomic E-state index is 0.640. The van der Waals surface area contributed by atoms with E-state index in [9.17, 15) is 0 Å². The number of thiazole rings is 1. The molecule has 0 saturated heterocycles. The second-order valence-corrected chi connectivity index (χ2v) is 8.07. The molecule has 0 amide bonds. The molecule has 0 radical (unpaired) electrons. The highest BCUT2D eigenvalue weighted by Crippen LogP contribution is 2.25.